The van der Waals surface area contributed by atoms with Gasteiger partial charge in [0.05, 0.1) is 0 Å². The van der Waals surface area contributed by atoms with Gasteiger partial charge in [-0.1, -0.05) is 205 Å². The maximum atomic E-state index is 12.7. The SMILES string of the molecule is CCCC/C=C\CCCCCCC(=O)OCC(COC(=O)CCCCC/C=C\C=C/CCCCCCCCC)OC(=O)CCCCCCCCCCCCCCC. The molecule has 0 radical (unpaired) electrons. The molecule has 0 saturated carbocycles. The zero-order chi connectivity index (χ0) is 41.5. The van der Waals surface area contributed by atoms with Crippen molar-refractivity contribution in [3.8, 4) is 0 Å². The van der Waals surface area contributed by atoms with Crippen molar-refractivity contribution in [2.75, 3.05) is 13.2 Å². The maximum absolute atomic E-state index is 12.7. The highest BCUT2D eigenvalue weighted by atomic mass is 16.6. The third-order valence-electron chi connectivity index (χ3n) is 10.6. The first-order chi connectivity index (χ1) is 28.0. The summed E-state index contributed by atoms with van der Waals surface area (Å²) in [6.45, 7) is 6.56. The highest BCUT2D eigenvalue weighted by molar-refractivity contribution is 5.71. The van der Waals surface area contributed by atoms with Gasteiger partial charge < -0.3 is 14.2 Å². The topological polar surface area (TPSA) is 78.9 Å². The molecular weight excluding hydrogens is 709 g/mol. The van der Waals surface area contributed by atoms with Gasteiger partial charge in [0.1, 0.15) is 13.2 Å². The van der Waals surface area contributed by atoms with Crippen LogP contribution in [-0.4, -0.2) is 37.2 Å². The number of esters is 3. The van der Waals surface area contributed by atoms with Crippen molar-refractivity contribution in [1.82, 2.24) is 0 Å². The molecule has 0 aromatic rings. The van der Waals surface area contributed by atoms with Crippen LogP contribution in [0.25, 0.3) is 0 Å². The van der Waals surface area contributed by atoms with Gasteiger partial charge in [-0.2, -0.15) is 0 Å². The highest BCUT2D eigenvalue weighted by Crippen LogP contribution is 2.15. The van der Waals surface area contributed by atoms with Gasteiger partial charge >= 0.3 is 17.9 Å². The second-order valence-corrected chi connectivity index (χ2v) is 16.4. The number of ether oxygens (including phenoxy) is 3. The molecule has 0 heterocycles. The largest absolute Gasteiger partial charge is 0.462 e. The standard InChI is InChI=1S/C51H92O6/c1-4-7-10-13-16-19-22-24-25-26-28-29-32-35-38-41-44-50(53)56-47-48(46-55-49(52)43-40-37-34-31-21-18-15-12-9-6-3)57-51(54)45-42-39-36-33-30-27-23-20-17-14-11-8-5-2/h15,18,25-26,28-29,48H,4-14,16-17,19-24,27,30-47H2,1-3H3/b18-15-,26-25-,29-28-. The number of hydrogen-bond acceptors (Lipinski definition) is 6. The third-order valence-corrected chi connectivity index (χ3v) is 10.6. The Bertz CT molecular complexity index is 969. The zero-order valence-electron chi connectivity index (χ0n) is 37.9. The lowest BCUT2D eigenvalue weighted by molar-refractivity contribution is -0.167. The van der Waals surface area contributed by atoms with E-state index in [2.05, 4.69) is 57.2 Å². The van der Waals surface area contributed by atoms with Crippen molar-refractivity contribution in [3.05, 3.63) is 36.5 Å². The first-order valence-corrected chi connectivity index (χ1v) is 24.5. The van der Waals surface area contributed by atoms with E-state index in [1.807, 2.05) is 0 Å². The van der Waals surface area contributed by atoms with Gasteiger partial charge in [-0.15, -0.1) is 0 Å². The molecule has 0 saturated heterocycles. The van der Waals surface area contributed by atoms with E-state index in [1.54, 1.807) is 0 Å². The van der Waals surface area contributed by atoms with Gasteiger partial charge in [0.25, 0.3) is 0 Å². The average molecular weight is 801 g/mol. The van der Waals surface area contributed by atoms with E-state index < -0.39 is 6.10 Å². The van der Waals surface area contributed by atoms with Crippen molar-refractivity contribution in [2.45, 2.75) is 258 Å². The van der Waals surface area contributed by atoms with E-state index in [-0.39, 0.29) is 31.1 Å². The van der Waals surface area contributed by atoms with E-state index >= 15 is 0 Å². The Hall–Kier alpha value is -2.37. The normalized spacial score (nSPS) is 12.3. The fourth-order valence-electron chi connectivity index (χ4n) is 6.88. The van der Waals surface area contributed by atoms with Crippen LogP contribution in [0.1, 0.15) is 252 Å². The van der Waals surface area contributed by atoms with Crippen LogP contribution in [0.2, 0.25) is 0 Å². The summed E-state index contributed by atoms with van der Waals surface area (Å²) in [5, 5.41) is 0. The molecule has 0 aliphatic carbocycles. The fourth-order valence-corrected chi connectivity index (χ4v) is 6.88. The molecular formula is C51H92O6. The van der Waals surface area contributed by atoms with Crippen molar-refractivity contribution in [1.29, 1.82) is 0 Å². The van der Waals surface area contributed by atoms with Crippen molar-refractivity contribution < 1.29 is 28.6 Å². The molecule has 0 amide bonds. The second kappa shape index (κ2) is 46.3. The van der Waals surface area contributed by atoms with Crippen LogP contribution in [0, 0.1) is 0 Å². The molecule has 0 aromatic carbocycles. The number of rotatable bonds is 44. The molecule has 0 bridgehead atoms. The fraction of sp³-hybridized carbons (Fsp3) is 0.824. The van der Waals surface area contributed by atoms with Gasteiger partial charge in [-0.05, 0) is 64.2 Å². The first-order valence-electron chi connectivity index (χ1n) is 24.5. The van der Waals surface area contributed by atoms with E-state index in [0.717, 1.165) is 89.9 Å². The summed E-state index contributed by atoms with van der Waals surface area (Å²) in [4.78, 5) is 37.8. The smallest absolute Gasteiger partial charge is 0.306 e. The van der Waals surface area contributed by atoms with Crippen LogP contribution >= 0.6 is 0 Å². The summed E-state index contributed by atoms with van der Waals surface area (Å²) >= 11 is 0. The molecule has 1 atom stereocenters. The average Bonchev–Trinajstić information content (AvgIpc) is 3.21. The molecule has 6 heteroatoms. The number of carbonyl (C=O) groups is 3. The molecule has 0 aromatic heterocycles. The Balaban J connectivity index is 4.39. The molecule has 6 nitrogen and oxygen atoms in total. The molecule has 0 rings (SSSR count). The number of unbranched alkanes of at least 4 members (excludes halogenated alkanes) is 28. The zero-order valence-corrected chi connectivity index (χ0v) is 37.9. The van der Waals surface area contributed by atoms with E-state index in [1.165, 1.54) is 122 Å². The van der Waals surface area contributed by atoms with Crippen molar-refractivity contribution in [2.24, 2.45) is 0 Å². The molecule has 0 N–H and O–H groups in total. The van der Waals surface area contributed by atoms with Gasteiger partial charge in [-0.3, -0.25) is 14.4 Å². The summed E-state index contributed by atoms with van der Waals surface area (Å²) < 4.78 is 16.7. The second-order valence-electron chi connectivity index (χ2n) is 16.4. The summed E-state index contributed by atoms with van der Waals surface area (Å²) in [5.74, 6) is -0.918. The Morgan fingerprint density at radius 2 is 0.649 bits per heavy atom. The predicted molar refractivity (Wildman–Crippen MR) is 242 cm³/mol. The quantitative estimate of drug-likeness (QED) is 0.0201. The van der Waals surface area contributed by atoms with Crippen LogP contribution in [0.3, 0.4) is 0 Å². The van der Waals surface area contributed by atoms with Gasteiger partial charge in [0.2, 0.25) is 0 Å². The summed E-state index contributed by atoms with van der Waals surface area (Å²) in [6, 6.07) is 0. The van der Waals surface area contributed by atoms with Gasteiger partial charge in [-0.25, -0.2) is 0 Å². The third kappa shape index (κ3) is 44.6. The van der Waals surface area contributed by atoms with E-state index in [0.29, 0.717) is 19.3 Å². The molecule has 0 spiro atoms. The lowest BCUT2D eigenvalue weighted by Gasteiger charge is -2.18. The van der Waals surface area contributed by atoms with Gasteiger partial charge in [0.15, 0.2) is 6.10 Å². The Labute approximate surface area is 353 Å². The Morgan fingerprint density at radius 1 is 0.351 bits per heavy atom. The molecule has 0 aliphatic rings. The molecule has 0 fully saturated rings. The lowest BCUT2D eigenvalue weighted by Crippen LogP contribution is -2.30. The number of hydrogen-bond donors (Lipinski definition) is 0. The maximum Gasteiger partial charge on any atom is 0.306 e. The Morgan fingerprint density at radius 3 is 1.05 bits per heavy atom. The first kappa shape index (κ1) is 54.6. The summed E-state index contributed by atoms with van der Waals surface area (Å²) in [7, 11) is 0. The summed E-state index contributed by atoms with van der Waals surface area (Å²) in [5.41, 5.74) is 0. The van der Waals surface area contributed by atoms with Gasteiger partial charge in [0, 0.05) is 19.3 Å². The highest BCUT2D eigenvalue weighted by Gasteiger charge is 2.19. The lowest BCUT2D eigenvalue weighted by atomic mass is 10.0. The minimum Gasteiger partial charge on any atom is -0.462 e. The molecule has 332 valence electrons. The Kier molecular flexibility index (Phi) is 44.4. The van der Waals surface area contributed by atoms with E-state index in [4.69, 9.17) is 14.2 Å². The van der Waals surface area contributed by atoms with Crippen LogP contribution < -0.4 is 0 Å². The molecule has 57 heavy (non-hydrogen) atoms. The van der Waals surface area contributed by atoms with Crippen molar-refractivity contribution in [3.63, 3.8) is 0 Å². The number of carbonyl (C=O) groups excluding carboxylic acids is 3. The van der Waals surface area contributed by atoms with Crippen LogP contribution in [0.15, 0.2) is 36.5 Å². The minimum atomic E-state index is -0.782. The van der Waals surface area contributed by atoms with E-state index in [9.17, 15) is 14.4 Å². The van der Waals surface area contributed by atoms with Crippen LogP contribution in [0.4, 0.5) is 0 Å². The predicted octanol–water partition coefficient (Wildman–Crippen LogP) is 15.8. The van der Waals surface area contributed by atoms with Crippen molar-refractivity contribution >= 4 is 17.9 Å². The monoisotopic (exact) mass is 801 g/mol. The summed E-state index contributed by atoms with van der Waals surface area (Å²) in [6.07, 6.45) is 52.7. The molecule has 0 aliphatic heterocycles. The van der Waals surface area contributed by atoms with Crippen LogP contribution in [-0.2, 0) is 28.6 Å². The van der Waals surface area contributed by atoms with Crippen LogP contribution in [0.5, 0.6) is 0 Å². The molecule has 1 unspecified atom stereocenters. The minimum absolute atomic E-state index is 0.0845. The number of allylic oxidation sites excluding steroid dienone is 6.